The van der Waals surface area contributed by atoms with E-state index in [1.807, 2.05) is 31.2 Å². The second-order valence-electron chi connectivity index (χ2n) is 3.52. The van der Waals surface area contributed by atoms with Crippen molar-refractivity contribution < 1.29 is 0 Å². The van der Waals surface area contributed by atoms with Gasteiger partial charge in [0.05, 0.1) is 0 Å². The average molecular weight is 198 g/mol. The zero-order valence-corrected chi connectivity index (χ0v) is 8.41. The topological polar surface area (TPSA) is 34.1 Å². The van der Waals surface area contributed by atoms with Crippen molar-refractivity contribution >= 4 is 6.08 Å². The molecule has 2 rings (SSSR count). The van der Waals surface area contributed by atoms with E-state index in [0.717, 1.165) is 11.1 Å². The Hall–Kier alpha value is -1.96. The normalized spacial score (nSPS) is 10.5. The first-order valence-corrected chi connectivity index (χ1v) is 4.68. The average Bonchev–Trinajstić information content (AvgIpc) is 2.26. The van der Waals surface area contributed by atoms with Crippen LogP contribution < -0.4 is 10.9 Å². The van der Waals surface area contributed by atoms with Gasteiger partial charge in [-0.05, 0) is 12.5 Å². The number of benzene rings is 1. The molecule has 2 aromatic rings. The van der Waals surface area contributed by atoms with Crippen molar-refractivity contribution in [2.75, 3.05) is 0 Å². The lowest BCUT2D eigenvalue weighted by molar-refractivity contribution is 1.37. The lowest BCUT2D eigenvalue weighted by Crippen LogP contribution is -2.35. The van der Waals surface area contributed by atoms with Gasteiger partial charge in [-0.1, -0.05) is 42.5 Å². The van der Waals surface area contributed by atoms with Crippen LogP contribution in [0.3, 0.4) is 0 Å². The molecule has 0 unspecified atom stereocenters. The zero-order chi connectivity index (χ0) is 11.0. The van der Waals surface area contributed by atoms with E-state index in [4.69, 9.17) is 0 Å². The van der Waals surface area contributed by atoms with Crippen LogP contribution in [0.5, 0.6) is 0 Å². The molecule has 0 saturated heterocycles. The van der Waals surface area contributed by atoms with Crippen LogP contribution in [-0.4, -0.2) is 0 Å². The second kappa shape index (κ2) is 3.31. The predicted octanol–water partition coefficient (Wildman–Crippen LogP) is 1.90. The van der Waals surface area contributed by atoms with Crippen molar-refractivity contribution in [2.45, 2.75) is 6.92 Å². The molecule has 74 valence electrons. The highest BCUT2D eigenvalue weighted by Crippen LogP contribution is 2.20. The number of hydrogen-bond acceptors (Lipinski definition) is 2. The van der Waals surface area contributed by atoms with E-state index in [0.29, 0.717) is 11.1 Å². The summed E-state index contributed by atoms with van der Waals surface area (Å²) in [6.07, 6.45) is 1.44. The van der Waals surface area contributed by atoms with Crippen LogP contribution in [0.4, 0.5) is 0 Å². The summed E-state index contributed by atoms with van der Waals surface area (Å²) in [4.78, 5) is 22.5. The van der Waals surface area contributed by atoms with Crippen molar-refractivity contribution in [1.29, 1.82) is 0 Å². The van der Waals surface area contributed by atoms with Crippen LogP contribution in [0.1, 0.15) is 11.1 Å². The molecule has 0 radical (unpaired) electrons. The van der Waals surface area contributed by atoms with Crippen LogP contribution in [-0.2, 0) is 0 Å². The minimum Gasteiger partial charge on any atom is -0.285 e. The van der Waals surface area contributed by atoms with Gasteiger partial charge in [0.2, 0.25) is 10.9 Å². The van der Waals surface area contributed by atoms with Gasteiger partial charge in [-0.2, -0.15) is 0 Å². The second-order valence-corrected chi connectivity index (χ2v) is 3.52. The van der Waals surface area contributed by atoms with Crippen molar-refractivity contribution in [3.63, 3.8) is 0 Å². The fourth-order valence-electron chi connectivity index (χ4n) is 1.61. The van der Waals surface area contributed by atoms with E-state index in [9.17, 15) is 9.59 Å². The van der Waals surface area contributed by atoms with Crippen LogP contribution in [0, 0.1) is 6.92 Å². The van der Waals surface area contributed by atoms with Crippen LogP contribution in [0.25, 0.3) is 17.2 Å². The maximum Gasteiger partial charge on any atom is 0.234 e. The summed E-state index contributed by atoms with van der Waals surface area (Å²) >= 11 is 0. The summed E-state index contributed by atoms with van der Waals surface area (Å²) in [7, 11) is 0. The van der Waals surface area contributed by atoms with Gasteiger partial charge >= 0.3 is 0 Å². The third-order valence-electron chi connectivity index (χ3n) is 2.49. The Morgan fingerprint density at radius 3 is 2.20 bits per heavy atom. The Bertz CT molecular complexity index is 582. The zero-order valence-electron chi connectivity index (χ0n) is 8.41. The summed E-state index contributed by atoms with van der Waals surface area (Å²) in [6, 6.07) is 7.52. The smallest absolute Gasteiger partial charge is 0.234 e. The molecule has 0 fully saturated rings. The molecular weight excluding hydrogens is 188 g/mol. The highest BCUT2D eigenvalue weighted by molar-refractivity contribution is 5.78. The fourth-order valence-corrected chi connectivity index (χ4v) is 1.61. The predicted molar refractivity (Wildman–Crippen MR) is 61.6 cm³/mol. The first kappa shape index (κ1) is 9.59. The Balaban J connectivity index is 2.61. The van der Waals surface area contributed by atoms with Gasteiger partial charge < -0.3 is 0 Å². The molecule has 0 aromatic heterocycles. The molecule has 0 spiro atoms. The standard InChI is InChI=1S/C13H10O2/c1-3-10-11(13(15)12(10)14)9-6-4-8(2)5-7-9/h3-7H,1H2,2H3. The number of aryl methyl sites for hydroxylation is 1. The quantitative estimate of drug-likeness (QED) is 0.691. The Labute approximate surface area is 87.2 Å². The summed E-state index contributed by atoms with van der Waals surface area (Å²) < 4.78 is 0. The highest BCUT2D eigenvalue weighted by Gasteiger charge is 2.18. The summed E-state index contributed by atoms with van der Waals surface area (Å²) in [6.45, 7) is 5.50. The molecular formula is C13H10O2. The van der Waals surface area contributed by atoms with Gasteiger partial charge in [0.1, 0.15) is 0 Å². The van der Waals surface area contributed by atoms with E-state index in [1.165, 1.54) is 6.08 Å². The third kappa shape index (κ3) is 1.34. The van der Waals surface area contributed by atoms with Crippen LogP contribution >= 0.6 is 0 Å². The highest BCUT2D eigenvalue weighted by atomic mass is 16.2. The van der Waals surface area contributed by atoms with Crippen molar-refractivity contribution in [2.24, 2.45) is 0 Å². The van der Waals surface area contributed by atoms with E-state index in [1.54, 1.807) is 0 Å². The van der Waals surface area contributed by atoms with Crippen molar-refractivity contribution in [3.05, 3.63) is 62.4 Å². The van der Waals surface area contributed by atoms with Gasteiger partial charge in [0, 0.05) is 11.1 Å². The van der Waals surface area contributed by atoms with Gasteiger partial charge in [-0.25, -0.2) is 0 Å². The van der Waals surface area contributed by atoms with Crippen molar-refractivity contribution in [1.82, 2.24) is 0 Å². The fraction of sp³-hybridized carbons (Fsp3) is 0.0769. The first-order chi connectivity index (χ1) is 7.15. The molecule has 0 atom stereocenters. The molecule has 0 aliphatic carbocycles. The molecule has 0 aliphatic heterocycles. The number of hydrogen-bond donors (Lipinski definition) is 0. The summed E-state index contributed by atoms with van der Waals surface area (Å²) in [5.41, 5.74) is 2.01. The van der Waals surface area contributed by atoms with Gasteiger partial charge in [0.15, 0.2) is 0 Å². The molecule has 0 bridgehead atoms. The van der Waals surface area contributed by atoms with Gasteiger partial charge in [0.25, 0.3) is 0 Å². The lowest BCUT2D eigenvalue weighted by atomic mass is 9.94. The number of rotatable bonds is 2. The van der Waals surface area contributed by atoms with Gasteiger partial charge in [-0.3, -0.25) is 9.59 Å². The summed E-state index contributed by atoms with van der Waals surface area (Å²) in [5, 5.41) is 0. The molecule has 15 heavy (non-hydrogen) atoms. The van der Waals surface area contributed by atoms with Crippen LogP contribution in [0.2, 0.25) is 0 Å². The molecule has 2 nitrogen and oxygen atoms in total. The summed E-state index contributed by atoms with van der Waals surface area (Å²) in [5.74, 6) is 0. The maximum atomic E-state index is 11.4. The van der Waals surface area contributed by atoms with Gasteiger partial charge in [-0.15, -0.1) is 0 Å². The molecule has 0 amide bonds. The molecule has 2 heteroatoms. The SMILES string of the molecule is C=Cc1c(-c2ccc(C)cc2)c(=O)c1=O. The third-order valence-corrected chi connectivity index (χ3v) is 2.49. The lowest BCUT2D eigenvalue weighted by Gasteiger charge is -2.07. The van der Waals surface area contributed by atoms with E-state index >= 15 is 0 Å². The van der Waals surface area contributed by atoms with E-state index < -0.39 is 10.9 Å². The van der Waals surface area contributed by atoms with Crippen molar-refractivity contribution in [3.8, 4) is 11.1 Å². The first-order valence-electron chi connectivity index (χ1n) is 4.68. The maximum absolute atomic E-state index is 11.4. The minimum atomic E-state index is -0.430. The van der Waals surface area contributed by atoms with E-state index in [2.05, 4.69) is 6.58 Å². The molecule has 2 aromatic carbocycles. The molecule has 0 saturated carbocycles. The molecule has 0 heterocycles. The monoisotopic (exact) mass is 198 g/mol. The minimum absolute atomic E-state index is 0.409. The largest absolute Gasteiger partial charge is 0.285 e. The molecule has 0 N–H and O–H groups in total. The molecule has 0 aliphatic rings. The Morgan fingerprint density at radius 1 is 1.07 bits per heavy atom. The van der Waals surface area contributed by atoms with E-state index in [-0.39, 0.29) is 0 Å². The van der Waals surface area contributed by atoms with Crippen LogP contribution in [0.15, 0.2) is 40.4 Å². The Kier molecular flexibility index (Phi) is 2.12. The Morgan fingerprint density at radius 2 is 1.67 bits per heavy atom.